The van der Waals surface area contributed by atoms with Gasteiger partial charge < -0.3 is 24.6 Å². The van der Waals surface area contributed by atoms with E-state index < -0.39 is 18.5 Å². The smallest absolute Gasteiger partial charge is 0.342 e. The normalized spacial score (nSPS) is 10.0. The second-order valence-electron chi connectivity index (χ2n) is 4.85. The first kappa shape index (κ1) is 18.6. The van der Waals surface area contributed by atoms with Crippen LogP contribution in [-0.2, 0) is 9.53 Å². The molecule has 2 aromatic rings. The van der Waals surface area contributed by atoms with E-state index in [1.807, 2.05) is 0 Å². The van der Waals surface area contributed by atoms with E-state index >= 15 is 0 Å². The van der Waals surface area contributed by atoms with Gasteiger partial charge in [-0.1, -0.05) is 15.9 Å². The number of methoxy groups -OCH3 is 2. The molecule has 1 amide bonds. The van der Waals surface area contributed by atoms with E-state index in [9.17, 15) is 14.7 Å². The van der Waals surface area contributed by atoms with Gasteiger partial charge in [0.2, 0.25) is 0 Å². The molecule has 2 N–H and O–H groups in total. The molecule has 2 aromatic carbocycles. The fraction of sp³-hybridized carbons (Fsp3) is 0.176. The molecule has 7 nitrogen and oxygen atoms in total. The third-order valence-electron chi connectivity index (χ3n) is 3.20. The van der Waals surface area contributed by atoms with Gasteiger partial charge in [-0.3, -0.25) is 4.79 Å². The molecule has 0 bridgehead atoms. The zero-order chi connectivity index (χ0) is 18.4. The minimum Gasteiger partial charge on any atom is -0.507 e. The Hall–Kier alpha value is -2.74. The number of phenols is 1. The van der Waals surface area contributed by atoms with Crippen LogP contribution < -0.4 is 14.8 Å². The number of nitrogens with one attached hydrogen (secondary N) is 1. The summed E-state index contributed by atoms with van der Waals surface area (Å²) in [6, 6.07) is 9.21. The number of hydrogen-bond donors (Lipinski definition) is 2. The predicted molar refractivity (Wildman–Crippen MR) is 94.3 cm³/mol. The third-order valence-corrected chi connectivity index (χ3v) is 3.69. The lowest BCUT2D eigenvalue weighted by atomic mass is 10.2. The molecule has 0 aliphatic rings. The summed E-state index contributed by atoms with van der Waals surface area (Å²) < 4.78 is 15.8. The van der Waals surface area contributed by atoms with E-state index in [0.717, 1.165) is 0 Å². The summed E-state index contributed by atoms with van der Waals surface area (Å²) in [6.45, 7) is -0.514. The number of ether oxygens (including phenoxy) is 3. The molecule has 8 heteroatoms. The van der Waals surface area contributed by atoms with Gasteiger partial charge in [-0.25, -0.2) is 4.79 Å². The third kappa shape index (κ3) is 4.87. The van der Waals surface area contributed by atoms with Gasteiger partial charge >= 0.3 is 5.97 Å². The van der Waals surface area contributed by atoms with Crippen molar-refractivity contribution in [3.63, 3.8) is 0 Å². The molecule has 0 saturated heterocycles. The number of esters is 1. The number of anilines is 1. The molecule has 0 radical (unpaired) electrons. The van der Waals surface area contributed by atoms with Crippen molar-refractivity contribution in [2.45, 2.75) is 0 Å². The van der Waals surface area contributed by atoms with Crippen LogP contribution in [0.4, 0.5) is 5.69 Å². The molecular weight excluding hydrogens is 394 g/mol. The zero-order valence-corrected chi connectivity index (χ0v) is 15.1. The van der Waals surface area contributed by atoms with E-state index in [1.165, 1.54) is 26.4 Å². The van der Waals surface area contributed by atoms with Crippen LogP contribution >= 0.6 is 15.9 Å². The topological polar surface area (TPSA) is 94.1 Å². The Morgan fingerprint density at radius 3 is 2.56 bits per heavy atom. The van der Waals surface area contributed by atoms with Crippen molar-refractivity contribution in [1.82, 2.24) is 0 Å². The maximum absolute atomic E-state index is 12.0. The van der Waals surface area contributed by atoms with E-state index in [-0.39, 0.29) is 11.3 Å². The first-order valence-corrected chi connectivity index (χ1v) is 7.91. The molecule has 0 unspecified atom stereocenters. The van der Waals surface area contributed by atoms with Gasteiger partial charge in [-0.15, -0.1) is 0 Å². The average molecular weight is 410 g/mol. The minimum absolute atomic E-state index is 0.0378. The minimum atomic E-state index is -0.810. The number of hydrogen-bond acceptors (Lipinski definition) is 6. The van der Waals surface area contributed by atoms with Crippen LogP contribution in [0.5, 0.6) is 17.2 Å². The lowest BCUT2D eigenvalue weighted by Crippen LogP contribution is -2.21. The van der Waals surface area contributed by atoms with Gasteiger partial charge in [0.05, 0.1) is 19.9 Å². The molecule has 25 heavy (non-hydrogen) atoms. The van der Waals surface area contributed by atoms with Gasteiger partial charge in [0, 0.05) is 10.5 Å². The van der Waals surface area contributed by atoms with Gasteiger partial charge in [0.15, 0.2) is 6.61 Å². The highest BCUT2D eigenvalue weighted by Crippen LogP contribution is 2.29. The summed E-state index contributed by atoms with van der Waals surface area (Å²) in [4.78, 5) is 23.9. The lowest BCUT2D eigenvalue weighted by Gasteiger charge is -2.12. The Balaban J connectivity index is 1.99. The zero-order valence-electron chi connectivity index (χ0n) is 13.5. The maximum Gasteiger partial charge on any atom is 0.342 e. The number of amides is 1. The number of benzene rings is 2. The van der Waals surface area contributed by atoms with E-state index in [0.29, 0.717) is 21.7 Å². The Kier molecular flexibility index (Phi) is 6.24. The summed E-state index contributed by atoms with van der Waals surface area (Å²) in [5.41, 5.74) is 0.374. The monoisotopic (exact) mass is 409 g/mol. The summed E-state index contributed by atoms with van der Waals surface area (Å²) in [5, 5.41) is 12.2. The quantitative estimate of drug-likeness (QED) is 0.712. The molecule has 0 saturated carbocycles. The highest BCUT2D eigenvalue weighted by atomic mass is 79.9. The number of phenolic OH excluding ortho intramolecular Hbond substituents is 1. The van der Waals surface area contributed by atoms with Crippen LogP contribution in [0.1, 0.15) is 10.4 Å². The molecule has 132 valence electrons. The van der Waals surface area contributed by atoms with Crippen LogP contribution in [0.2, 0.25) is 0 Å². The van der Waals surface area contributed by atoms with Crippen LogP contribution in [-0.4, -0.2) is 37.8 Å². The van der Waals surface area contributed by atoms with Crippen LogP contribution in [0.25, 0.3) is 0 Å². The average Bonchev–Trinajstić information content (AvgIpc) is 2.62. The standard InChI is InChI=1S/C17H16BrNO6/c1-23-11-4-5-13(15(8-11)24-2)19-16(21)9-25-17(22)12-7-10(18)3-6-14(12)20/h3-8,20H,9H2,1-2H3,(H,19,21). The number of aromatic hydroxyl groups is 1. The first-order chi connectivity index (χ1) is 11.9. The number of carbonyl (C=O) groups is 2. The fourth-order valence-electron chi connectivity index (χ4n) is 1.97. The number of carbonyl (C=O) groups excluding carboxylic acids is 2. The van der Waals surface area contributed by atoms with Gasteiger partial charge in [-0.05, 0) is 30.3 Å². The van der Waals surface area contributed by atoms with Crippen LogP contribution in [0.3, 0.4) is 0 Å². The Labute approximate surface area is 152 Å². The van der Waals surface area contributed by atoms with Crippen molar-refractivity contribution in [2.24, 2.45) is 0 Å². The highest BCUT2D eigenvalue weighted by Gasteiger charge is 2.16. The summed E-state index contributed by atoms with van der Waals surface area (Å²) >= 11 is 3.19. The highest BCUT2D eigenvalue weighted by molar-refractivity contribution is 9.10. The SMILES string of the molecule is COc1ccc(NC(=O)COC(=O)c2cc(Br)ccc2O)c(OC)c1. The number of rotatable bonds is 6. The number of halogens is 1. The molecule has 0 spiro atoms. The van der Waals surface area contributed by atoms with Crippen LogP contribution in [0, 0.1) is 0 Å². The summed E-state index contributed by atoms with van der Waals surface area (Å²) in [5.74, 6) is -0.609. The van der Waals surface area contributed by atoms with Gasteiger partial charge in [0.1, 0.15) is 22.8 Å². The van der Waals surface area contributed by atoms with Crippen molar-refractivity contribution in [2.75, 3.05) is 26.1 Å². The molecule has 0 aliphatic heterocycles. The molecule has 0 aliphatic carbocycles. The van der Waals surface area contributed by atoms with Crippen molar-refractivity contribution < 1.29 is 28.9 Å². The molecule has 0 atom stereocenters. The molecule has 0 heterocycles. The largest absolute Gasteiger partial charge is 0.507 e. The molecule has 0 aromatic heterocycles. The molecular formula is C17H16BrNO6. The summed E-state index contributed by atoms with van der Waals surface area (Å²) in [6.07, 6.45) is 0. The van der Waals surface area contributed by atoms with Gasteiger partial charge in [-0.2, -0.15) is 0 Å². The van der Waals surface area contributed by atoms with Gasteiger partial charge in [0.25, 0.3) is 5.91 Å². The summed E-state index contributed by atoms with van der Waals surface area (Å²) in [7, 11) is 2.98. The second kappa shape index (κ2) is 8.39. The van der Waals surface area contributed by atoms with E-state index in [4.69, 9.17) is 14.2 Å². The Bertz CT molecular complexity index is 793. The maximum atomic E-state index is 12.0. The van der Waals surface area contributed by atoms with E-state index in [1.54, 1.807) is 24.3 Å². The van der Waals surface area contributed by atoms with Crippen molar-refractivity contribution in [3.05, 3.63) is 46.4 Å². The predicted octanol–water partition coefficient (Wildman–Crippen LogP) is 2.97. The van der Waals surface area contributed by atoms with Crippen LogP contribution in [0.15, 0.2) is 40.9 Å². The van der Waals surface area contributed by atoms with Crippen molar-refractivity contribution >= 4 is 33.5 Å². The fourth-order valence-corrected chi connectivity index (χ4v) is 2.33. The second-order valence-corrected chi connectivity index (χ2v) is 5.77. The lowest BCUT2D eigenvalue weighted by molar-refractivity contribution is -0.119. The Morgan fingerprint density at radius 1 is 1.12 bits per heavy atom. The van der Waals surface area contributed by atoms with Crippen molar-refractivity contribution in [1.29, 1.82) is 0 Å². The Morgan fingerprint density at radius 2 is 1.88 bits per heavy atom. The van der Waals surface area contributed by atoms with Crippen molar-refractivity contribution in [3.8, 4) is 17.2 Å². The molecule has 2 rings (SSSR count). The first-order valence-electron chi connectivity index (χ1n) is 7.12. The molecule has 0 fully saturated rings. The van der Waals surface area contributed by atoms with E-state index in [2.05, 4.69) is 21.2 Å².